The number of hydrogen-bond donors (Lipinski definition) is 0. The van der Waals surface area contributed by atoms with Crippen molar-refractivity contribution in [2.45, 2.75) is 19.3 Å². The number of thiazole rings is 1. The lowest BCUT2D eigenvalue weighted by molar-refractivity contribution is 0.658. The molecule has 0 spiro atoms. The molecule has 1 aliphatic carbocycles. The van der Waals surface area contributed by atoms with Gasteiger partial charge in [0.25, 0.3) is 0 Å². The zero-order valence-corrected chi connectivity index (χ0v) is 27.9. The Bertz CT molecular complexity index is 2680. The summed E-state index contributed by atoms with van der Waals surface area (Å²) in [6.07, 6.45) is 0. The number of hydrogen-bond acceptors (Lipinski definition) is 4. The van der Waals surface area contributed by atoms with Crippen molar-refractivity contribution in [1.82, 2.24) is 19.5 Å². The van der Waals surface area contributed by atoms with Gasteiger partial charge >= 0.3 is 0 Å². The van der Waals surface area contributed by atoms with Crippen molar-refractivity contribution in [3.8, 4) is 50.2 Å². The number of nitrogens with zero attached hydrogens (tertiary/aromatic N) is 4. The summed E-state index contributed by atoms with van der Waals surface area (Å²) in [5.74, 6) is 0.714. The summed E-state index contributed by atoms with van der Waals surface area (Å²) in [6, 6.07) is 51.7. The smallest absolute Gasteiger partial charge is 0.160 e. The van der Waals surface area contributed by atoms with Gasteiger partial charge in [-0.15, -0.1) is 11.3 Å². The summed E-state index contributed by atoms with van der Waals surface area (Å²) in [6.45, 7) is 4.60. The van der Waals surface area contributed by atoms with Crippen LogP contribution in [0.3, 0.4) is 0 Å². The van der Waals surface area contributed by atoms with Crippen LogP contribution in [-0.4, -0.2) is 19.5 Å². The second-order valence-corrected chi connectivity index (χ2v) is 14.3. The van der Waals surface area contributed by atoms with Gasteiger partial charge in [-0.3, -0.25) is 0 Å². The predicted octanol–water partition coefficient (Wildman–Crippen LogP) is 11.5. The SMILES string of the molecule is CC1(C)c2ccccc2-c2nc(-c3cccc(-c4nc5ccccc5s4)c3)nc(-c3cccc(-n4c5ccccc5c5ccccc54)c3)c21. The molecule has 0 fully saturated rings. The summed E-state index contributed by atoms with van der Waals surface area (Å²) < 4.78 is 3.55. The molecule has 4 nitrogen and oxygen atoms in total. The molecule has 0 atom stereocenters. The first-order valence-corrected chi connectivity index (χ1v) is 17.4. The maximum atomic E-state index is 5.45. The van der Waals surface area contributed by atoms with Crippen LogP contribution in [-0.2, 0) is 5.41 Å². The molecule has 0 amide bonds. The molecule has 5 heteroatoms. The van der Waals surface area contributed by atoms with Crippen LogP contribution in [0.15, 0.2) is 146 Å². The number of rotatable bonds is 4. The summed E-state index contributed by atoms with van der Waals surface area (Å²) in [5.41, 5.74) is 12.9. The Labute approximate surface area is 288 Å². The van der Waals surface area contributed by atoms with Crippen molar-refractivity contribution in [3.05, 3.63) is 157 Å². The summed E-state index contributed by atoms with van der Waals surface area (Å²) >= 11 is 1.71. The quantitative estimate of drug-likeness (QED) is 0.191. The van der Waals surface area contributed by atoms with E-state index in [4.69, 9.17) is 15.0 Å². The first-order chi connectivity index (χ1) is 24.0. The maximum absolute atomic E-state index is 5.45. The molecule has 0 radical (unpaired) electrons. The molecule has 3 heterocycles. The second kappa shape index (κ2) is 10.5. The van der Waals surface area contributed by atoms with Gasteiger partial charge in [0.2, 0.25) is 0 Å². The average molecular weight is 647 g/mol. The fraction of sp³-hybridized carbons (Fsp3) is 0.0682. The Morgan fingerprint density at radius 1 is 0.551 bits per heavy atom. The van der Waals surface area contributed by atoms with E-state index in [1.165, 1.54) is 43.2 Å². The van der Waals surface area contributed by atoms with Gasteiger partial charge in [-0.2, -0.15) is 0 Å². The van der Waals surface area contributed by atoms with E-state index in [-0.39, 0.29) is 5.41 Å². The third kappa shape index (κ3) is 4.25. The highest BCUT2D eigenvalue weighted by molar-refractivity contribution is 7.21. The zero-order valence-electron chi connectivity index (χ0n) is 27.1. The lowest BCUT2D eigenvalue weighted by Crippen LogP contribution is -2.17. The Morgan fingerprint density at radius 2 is 1.20 bits per heavy atom. The van der Waals surface area contributed by atoms with Crippen molar-refractivity contribution >= 4 is 43.4 Å². The molecule has 9 aromatic rings. The molecular formula is C44H30N4S. The van der Waals surface area contributed by atoms with Gasteiger partial charge in [-0.1, -0.05) is 117 Å². The Morgan fingerprint density at radius 3 is 2.02 bits per heavy atom. The molecular weight excluding hydrogens is 617 g/mol. The monoisotopic (exact) mass is 646 g/mol. The van der Waals surface area contributed by atoms with Crippen LogP contribution in [0.25, 0.3) is 82.2 Å². The molecule has 0 N–H and O–H groups in total. The first-order valence-electron chi connectivity index (χ1n) is 16.6. The minimum atomic E-state index is -0.272. The average Bonchev–Trinajstić information content (AvgIpc) is 3.80. The fourth-order valence-electron chi connectivity index (χ4n) is 7.73. The van der Waals surface area contributed by atoms with Crippen molar-refractivity contribution in [1.29, 1.82) is 0 Å². The van der Waals surface area contributed by atoms with Crippen LogP contribution in [0.1, 0.15) is 25.0 Å². The normalized spacial score (nSPS) is 13.3. The van der Waals surface area contributed by atoms with Crippen LogP contribution < -0.4 is 0 Å². The highest BCUT2D eigenvalue weighted by Crippen LogP contribution is 2.51. The molecule has 1 aliphatic rings. The minimum absolute atomic E-state index is 0.272. The molecule has 0 saturated heterocycles. The van der Waals surface area contributed by atoms with Gasteiger partial charge in [0.1, 0.15) is 5.01 Å². The third-order valence-electron chi connectivity index (χ3n) is 10.0. The fourth-order valence-corrected chi connectivity index (χ4v) is 8.70. The van der Waals surface area contributed by atoms with Gasteiger partial charge in [0.05, 0.1) is 32.6 Å². The van der Waals surface area contributed by atoms with Gasteiger partial charge in [0.15, 0.2) is 5.82 Å². The van der Waals surface area contributed by atoms with Crippen molar-refractivity contribution in [2.24, 2.45) is 0 Å². The minimum Gasteiger partial charge on any atom is -0.309 e. The molecule has 6 aromatic carbocycles. The largest absolute Gasteiger partial charge is 0.309 e. The van der Waals surface area contributed by atoms with E-state index in [2.05, 4.69) is 158 Å². The molecule has 0 bridgehead atoms. The first kappa shape index (κ1) is 28.1. The molecule has 232 valence electrons. The van der Waals surface area contributed by atoms with Gasteiger partial charge in [-0.05, 0) is 48.0 Å². The van der Waals surface area contributed by atoms with Crippen LogP contribution in [0.5, 0.6) is 0 Å². The lowest BCUT2D eigenvalue weighted by Gasteiger charge is -2.24. The van der Waals surface area contributed by atoms with E-state index in [0.717, 1.165) is 44.3 Å². The maximum Gasteiger partial charge on any atom is 0.160 e. The van der Waals surface area contributed by atoms with Crippen LogP contribution in [0, 0.1) is 0 Å². The summed E-state index contributed by atoms with van der Waals surface area (Å²) in [7, 11) is 0. The molecule has 3 aromatic heterocycles. The number of para-hydroxylation sites is 3. The second-order valence-electron chi connectivity index (χ2n) is 13.3. The molecule has 0 aliphatic heterocycles. The zero-order chi connectivity index (χ0) is 32.7. The van der Waals surface area contributed by atoms with E-state index in [1.54, 1.807) is 11.3 Å². The van der Waals surface area contributed by atoms with E-state index in [0.29, 0.717) is 5.82 Å². The molecule has 0 saturated carbocycles. The number of benzene rings is 6. The van der Waals surface area contributed by atoms with E-state index in [1.807, 2.05) is 6.07 Å². The molecule has 10 rings (SSSR count). The topological polar surface area (TPSA) is 43.6 Å². The van der Waals surface area contributed by atoms with Crippen LogP contribution >= 0.6 is 11.3 Å². The van der Waals surface area contributed by atoms with Crippen molar-refractivity contribution in [3.63, 3.8) is 0 Å². The highest BCUT2D eigenvalue weighted by atomic mass is 32.1. The predicted molar refractivity (Wildman–Crippen MR) is 203 cm³/mol. The Kier molecular flexibility index (Phi) is 6.05. The number of aromatic nitrogens is 4. The van der Waals surface area contributed by atoms with Crippen LogP contribution in [0.4, 0.5) is 0 Å². The number of fused-ring (bicyclic) bond motifs is 7. The lowest BCUT2D eigenvalue weighted by atomic mass is 9.81. The van der Waals surface area contributed by atoms with Gasteiger partial charge < -0.3 is 4.57 Å². The third-order valence-corrected chi connectivity index (χ3v) is 11.1. The van der Waals surface area contributed by atoms with E-state index in [9.17, 15) is 0 Å². The standard InChI is InChI=1S/C44H30N4S/c1-44(2)34-20-6-3-19-33(34)41-39(44)40(46-42(47-41)28-14-11-15-29(25-28)43-45-35-21-7-10-24-38(35)49-43)27-13-12-16-30(26-27)48-36-22-8-4-17-31(36)32-18-5-9-23-37(32)48/h3-26H,1-2H3. The van der Waals surface area contributed by atoms with Gasteiger partial charge in [0, 0.05) is 49.7 Å². The summed E-state index contributed by atoms with van der Waals surface area (Å²) in [5, 5.41) is 3.49. The Balaban J connectivity index is 1.19. The van der Waals surface area contributed by atoms with Crippen molar-refractivity contribution < 1.29 is 0 Å². The van der Waals surface area contributed by atoms with Crippen molar-refractivity contribution in [2.75, 3.05) is 0 Å². The molecule has 0 unspecified atom stereocenters. The van der Waals surface area contributed by atoms with E-state index < -0.39 is 0 Å². The van der Waals surface area contributed by atoms with E-state index >= 15 is 0 Å². The van der Waals surface area contributed by atoms with Crippen LogP contribution in [0.2, 0.25) is 0 Å². The highest BCUT2D eigenvalue weighted by Gasteiger charge is 2.40. The summed E-state index contributed by atoms with van der Waals surface area (Å²) in [4.78, 5) is 15.7. The molecule has 49 heavy (non-hydrogen) atoms. The Hall–Kier alpha value is -5.91. The van der Waals surface area contributed by atoms with Gasteiger partial charge in [-0.25, -0.2) is 15.0 Å².